The van der Waals surface area contributed by atoms with Crippen molar-refractivity contribution < 1.29 is 4.79 Å². The van der Waals surface area contributed by atoms with Gasteiger partial charge in [0, 0.05) is 42.2 Å². The molecule has 0 aliphatic carbocycles. The van der Waals surface area contributed by atoms with Crippen LogP contribution in [0.25, 0.3) is 0 Å². The quantitative estimate of drug-likeness (QED) is 0.543. The van der Waals surface area contributed by atoms with E-state index in [2.05, 4.69) is 42.3 Å². The molecular weight excluding hydrogens is 428 g/mol. The lowest BCUT2D eigenvalue weighted by Gasteiger charge is -2.34. The number of halogens is 2. The second kappa shape index (κ2) is 9.99. The summed E-state index contributed by atoms with van der Waals surface area (Å²) in [6.07, 6.45) is 1.64. The van der Waals surface area contributed by atoms with Gasteiger partial charge in [0.1, 0.15) is 0 Å². The lowest BCUT2D eigenvalue weighted by atomic mass is 10.2. The molecule has 1 saturated heterocycles. The monoisotopic (exact) mass is 448 g/mol. The minimum absolute atomic E-state index is 0.0945. The van der Waals surface area contributed by atoms with Crippen molar-refractivity contribution in [3.8, 4) is 0 Å². The Hall–Kier alpha value is -1.73. The number of carbonyl (C=O) groups excluding carboxylic acids is 1. The van der Waals surface area contributed by atoms with Crippen molar-refractivity contribution >= 4 is 39.7 Å². The lowest BCUT2D eigenvalue weighted by molar-refractivity contribution is -0.122. The number of nitrogens with zero attached hydrogens (tertiary/aromatic N) is 3. The third kappa shape index (κ3) is 6.43. The van der Waals surface area contributed by atoms with Gasteiger partial charge in [-0.2, -0.15) is 5.10 Å². The van der Waals surface area contributed by atoms with E-state index < -0.39 is 0 Å². The SMILES string of the molecule is O=C(CN1CCN(Cc2ccccc2Cl)CC1)NN=Cc1ccc(Br)cc1. The summed E-state index contributed by atoms with van der Waals surface area (Å²) >= 11 is 9.62. The van der Waals surface area contributed by atoms with E-state index in [-0.39, 0.29) is 5.91 Å². The van der Waals surface area contributed by atoms with Gasteiger partial charge in [0.2, 0.25) is 0 Å². The van der Waals surface area contributed by atoms with Gasteiger partial charge in [-0.1, -0.05) is 57.9 Å². The third-order valence-corrected chi connectivity index (χ3v) is 5.35. The molecule has 0 saturated carbocycles. The van der Waals surface area contributed by atoms with E-state index in [0.717, 1.165) is 53.3 Å². The predicted molar refractivity (Wildman–Crippen MR) is 113 cm³/mol. The molecule has 0 unspecified atom stereocenters. The average Bonchev–Trinajstić information content (AvgIpc) is 2.67. The summed E-state index contributed by atoms with van der Waals surface area (Å²) in [6, 6.07) is 15.7. The zero-order chi connectivity index (χ0) is 19.1. The molecule has 1 heterocycles. The van der Waals surface area contributed by atoms with Crippen LogP contribution in [-0.2, 0) is 11.3 Å². The Bertz CT molecular complexity index is 789. The van der Waals surface area contributed by atoms with E-state index >= 15 is 0 Å². The molecule has 27 heavy (non-hydrogen) atoms. The highest BCUT2D eigenvalue weighted by Gasteiger charge is 2.19. The van der Waals surface area contributed by atoms with Gasteiger partial charge in [0.15, 0.2) is 0 Å². The largest absolute Gasteiger partial charge is 0.296 e. The van der Waals surface area contributed by atoms with Crippen LogP contribution >= 0.6 is 27.5 Å². The van der Waals surface area contributed by atoms with Crippen molar-refractivity contribution in [2.45, 2.75) is 6.54 Å². The number of hydrogen-bond donors (Lipinski definition) is 1. The van der Waals surface area contributed by atoms with E-state index in [1.54, 1.807) is 6.21 Å². The fraction of sp³-hybridized carbons (Fsp3) is 0.300. The second-order valence-electron chi connectivity index (χ2n) is 6.49. The Morgan fingerprint density at radius 1 is 1.07 bits per heavy atom. The Kier molecular flexibility index (Phi) is 7.41. The first-order chi connectivity index (χ1) is 13.1. The summed E-state index contributed by atoms with van der Waals surface area (Å²) < 4.78 is 1.01. The van der Waals surface area contributed by atoms with Gasteiger partial charge < -0.3 is 0 Å². The molecule has 2 aromatic rings. The summed E-state index contributed by atoms with van der Waals surface area (Å²) in [6.45, 7) is 4.75. The zero-order valence-electron chi connectivity index (χ0n) is 14.9. The lowest BCUT2D eigenvalue weighted by Crippen LogP contribution is -2.48. The summed E-state index contributed by atoms with van der Waals surface area (Å²) in [5.41, 5.74) is 4.68. The predicted octanol–water partition coefficient (Wildman–Crippen LogP) is 3.37. The minimum Gasteiger partial charge on any atom is -0.296 e. The van der Waals surface area contributed by atoms with Crippen molar-refractivity contribution in [2.24, 2.45) is 5.10 Å². The van der Waals surface area contributed by atoms with Crippen LogP contribution in [0.5, 0.6) is 0 Å². The van der Waals surface area contributed by atoms with Gasteiger partial charge in [-0.15, -0.1) is 0 Å². The van der Waals surface area contributed by atoms with Gasteiger partial charge in [-0.05, 0) is 29.3 Å². The van der Waals surface area contributed by atoms with Gasteiger partial charge in [0.25, 0.3) is 5.91 Å². The summed E-state index contributed by atoms with van der Waals surface area (Å²) in [7, 11) is 0. The Morgan fingerprint density at radius 2 is 1.74 bits per heavy atom. The first-order valence-corrected chi connectivity index (χ1v) is 10.0. The molecule has 1 fully saturated rings. The van der Waals surface area contributed by atoms with E-state index in [0.29, 0.717) is 6.54 Å². The molecule has 0 aromatic heterocycles. The van der Waals surface area contributed by atoms with Crippen LogP contribution in [-0.4, -0.2) is 54.6 Å². The fourth-order valence-corrected chi connectivity index (χ4v) is 3.40. The molecular formula is C20H22BrClN4O. The molecule has 1 amide bonds. The Balaban J connectivity index is 1.39. The van der Waals surface area contributed by atoms with Crippen LogP contribution in [0.1, 0.15) is 11.1 Å². The first-order valence-electron chi connectivity index (χ1n) is 8.86. The van der Waals surface area contributed by atoms with Crippen LogP contribution < -0.4 is 5.43 Å². The molecule has 0 atom stereocenters. The van der Waals surface area contributed by atoms with Crippen molar-refractivity contribution in [3.05, 3.63) is 69.2 Å². The number of benzene rings is 2. The summed E-state index contributed by atoms with van der Waals surface area (Å²) in [5, 5.41) is 4.83. The summed E-state index contributed by atoms with van der Waals surface area (Å²) in [4.78, 5) is 16.6. The molecule has 2 aromatic carbocycles. The molecule has 1 aliphatic heterocycles. The van der Waals surface area contributed by atoms with Crippen LogP contribution in [0.2, 0.25) is 5.02 Å². The number of hydrazone groups is 1. The van der Waals surface area contributed by atoms with Crippen LogP contribution in [0.15, 0.2) is 58.1 Å². The highest BCUT2D eigenvalue weighted by molar-refractivity contribution is 9.10. The standard InChI is InChI=1S/C20H22BrClN4O/c21-18-7-5-16(6-8-18)13-23-24-20(27)15-26-11-9-25(10-12-26)14-17-3-1-2-4-19(17)22/h1-8,13H,9-12,14-15H2,(H,24,27). The molecule has 0 radical (unpaired) electrons. The van der Waals surface area contributed by atoms with E-state index in [1.165, 1.54) is 0 Å². The van der Waals surface area contributed by atoms with Crippen LogP contribution in [0.4, 0.5) is 0 Å². The third-order valence-electron chi connectivity index (χ3n) is 4.46. The van der Waals surface area contributed by atoms with Crippen molar-refractivity contribution in [3.63, 3.8) is 0 Å². The minimum atomic E-state index is -0.0945. The smallest absolute Gasteiger partial charge is 0.254 e. The van der Waals surface area contributed by atoms with Gasteiger partial charge in [-0.3, -0.25) is 14.6 Å². The number of nitrogens with one attached hydrogen (secondary N) is 1. The maximum Gasteiger partial charge on any atom is 0.254 e. The molecule has 0 bridgehead atoms. The molecule has 0 spiro atoms. The molecule has 5 nitrogen and oxygen atoms in total. The molecule has 1 N–H and O–H groups in total. The van der Waals surface area contributed by atoms with E-state index in [1.807, 2.05) is 42.5 Å². The van der Waals surface area contributed by atoms with Crippen LogP contribution in [0.3, 0.4) is 0 Å². The Morgan fingerprint density at radius 3 is 2.44 bits per heavy atom. The van der Waals surface area contributed by atoms with Gasteiger partial charge in [0.05, 0.1) is 12.8 Å². The van der Waals surface area contributed by atoms with E-state index in [9.17, 15) is 4.79 Å². The second-order valence-corrected chi connectivity index (χ2v) is 7.81. The maximum atomic E-state index is 12.1. The molecule has 142 valence electrons. The van der Waals surface area contributed by atoms with Crippen molar-refractivity contribution in [2.75, 3.05) is 32.7 Å². The average molecular weight is 450 g/mol. The highest BCUT2D eigenvalue weighted by atomic mass is 79.9. The molecule has 1 aliphatic rings. The molecule has 7 heteroatoms. The zero-order valence-corrected chi connectivity index (χ0v) is 17.3. The topological polar surface area (TPSA) is 47.9 Å². The van der Waals surface area contributed by atoms with E-state index in [4.69, 9.17) is 11.6 Å². The van der Waals surface area contributed by atoms with Crippen molar-refractivity contribution in [1.29, 1.82) is 0 Å². The number of rotatable bonds is 6. The number of hydrogen-bond acceptors (Lipinski definition) is 4. The van der Waals surface area contributed by atoms with Crippen molar-refractivity contribution in [1.82, 2.24) is 15.2 Å². The highest BCUT2D eigenvalue weighted by Crippen LogP contribution is 2.17. The normalized spacial score (nSPS) is 15.9. The van der Waals surface area contributed by atoms with Crippen LogP contribution in [0, 0.1) is 0 Å². The number of amides is 1. The number of carbonyl (C=O) groups is 1. The molecule has 3 rings (SSSR count). The van der Waals surface area contributed by atoms with Gasteiger partial charge >= 0.3 is 0 Å². The Labute approximate surface area is 173 Å². The summed E-state index contributed by atoms with van der Waals surface area (Å²) in [5.74, 6) is -0.0945. The van der Waals surface area contributed by atoms with Gasteiger partial charge in [-0.25, -0.2) is 5.43 Å². The number of piperazine rings is 1. The maximum absolute atomic E-state index is 12.1. The first kappa shape index (κ1) is 20.0. The fourth-order valence-electron chi connectivity index (χ4n) is 2.94.